The average Bonchev–Trinajstić information content (AvgIpc) is 2.60. The van der Waals surface area contributed by atoms with Crippen LogP contribution in [0.1, 0.15) is 11.4 Å². The summed E-state index contributed by atoms with van der Waals surface area (Å²) in [4.78, 5) is 0. The van der Waals surface area contributed by atoms with Gasteiger partial charge in [-0.05, 0) is 13.8 Å². The van der Waals surface area contributed by atoms with Crippen LogP contribution in [0.25, 0.3) is 11.3 Å². The summed E-state index contributed by atoms with van der Waals surface area (Å²) in [6.45, 7) is 3.46. The van der Waals surface area contributed by atoms with Crippen LogP contribution < -0.4 is 5.11 Å². The van der Waals surface area contributed by atoms with Gasteiger partial charge in [0, 0.05) is 6.07 Å². The van der Waals surface area contributed by atoms with Gasteiger partial charge in [0.15, 0.2) is 5.76 Å². The summed E-state index contributed by atoms with van der Waals surface area (Å²) in [5.41, 5.74) is 1.58. The van der Waals surface area contributed by atoms with E-state index in [2.05, 4.69) is 14.8 Å². The van der Waals surface area contributed by atoms with Gasteiger partial charge in [0.25, 0.3) is 0 Å². The van der Waals surface area contributed by atoms with E-state index in [9.17, 15) is 5.11 Å². The van der Waals surface area contributed by atoms with E-state index in [1.54, 1.807) is 19.9 Å². The molecule has 0 aliphatic rings. The lowest BCUT2D eigenvalue weighted by atomic mass is 10.2. The summed E-state index contributed by atoms with van der Waals surface area (Å²) in [6, 6.07) is 1.67. The lowest BCUT2D eigenvalue weighted by Crippen LogP contribution is -1.88. The van der Waals surface area contributed by atoms with Crippen molar-refractivity contribution >= 4 is 0 Å². The minimum absolute atomic E-state index is 0.348. The summed E-state index contributed by atoms with van der Waals surface area (Å²) in [5, 5.41) is 18.3. The second-order valence-electron chi connectivity index (χ2n) is 2.76. The highest BCUT2D eigenvalue weighted by atomic mass is 16.6. The maximum absolute atomic E-state index is 11.1. The Morgan fingerprint density at radius 2 is 2.00 bits per heavy atom. The molecule has 0 aliphatic heterocycles. The number of rotatable bonds is 1. The number of aryl methyl sites for hydroxylation is 2. The highest BCUT2D eigenvalue weighted by molar-refractivity contribution is 5.64. The molecule has 0 unspecified atom stereocenters. The molecule has 0 saturated heterocycles. The molecule has 2 aromatic rings. The zero-order valence-electron chi connectivity index (χ0n) is 7.20. The Morgan fingerprint density at radius 1 is 1.23 bits per heavy atom. The Balaban J connectivity index is 2.57. The normalized spacial score (nSPS) is 10.6. The molecule has 0 fully saturated rings. The Hall–Kier alpha value is -1.78. The van der Waals surface area contributed by atoms with Crippen molar-refractivity contribution < 1.29 is 14.2 Å². The van der Waals surface area contributed by atoms with E-state index in [1.807, 2.05) is 0 Å². The second-order valence-corrected chi connectivity index (χ2v) is 2.76. The number of aromatic nitrogens is 2. The van der Waals surface area contributed by atoms with Crippen LogP contribution in [0.4, 0.5) is 0 Å². The molecule has 68 valence electrons. The largest absolute Gasteiger partial charge is 0.544 e. The highest BCUT2D eigenvalue weighted by Gasteiger charge is 2.11. The molecule has 5 nitrogen and oxygen atoms in total. The van der Waals surface area contributed by atoms with Gasteiger partial charge in [0.2, 0.25) is 0 Å². The smallest absolute Gasteiger partial charge is 0.170 e. The lowest BCUT2D eigenvalue weighted by Gasteiger charge is -1.95. The average molecular weight is 179 g/mol. The number of hydrogen-bond acceptors (Lipinski definition) is 5. The summed E-state index contributed by atoms with van der Waals surface area (Å²) in [7, 11) is 0. The van der Waals surface area contributed by atoms with Crippen molar-refractivity contribution in [3.8, 4) is 17.3 Å². The molecule has 0 amide bonds. The maximum Gasteiger partial charge on any atom is 0.170 e. The van der Waals surface area contributed by atoms with E-state index in [-0.39, 0.29) is 0 Å². The molecule has 0 spiro atoms. The number of hydrogen-bond donors (Lipinski definition) is 0. The molecule has 0 N–H and O–H groups in total. The quantitative estimate of drug-likeness (QED) is 0.653. The van der Waals surface area contributed by atoms with Crippen molar-refractivity contribution in [2.45, 2.75) is 13.8 Å². The van der Waals surface area contributed by atoms with E-state index in [0.717, 1.165) is 5.69 Å². The molecule has 2 rings (SSSR count). The van der Waals surface area contributed by atoms with Gasteiger partial charge >= 0.3 is 0 Å². The lowest BCUT2D eigenvalue weighted by molar-refractivity contribution is -0.296. The van der Waals surface area contributed by atoms with E-state index >= 15 is 0 Å². The van der Waals surface area contributed by atoms with Crippen LogP contribution in [0.3, 0.4) is 0 Å². The summed E-state index contributed by atoms with van der Waals surface area (Å²) in [5.74, 6) is -0.0881. The Kier molecular flexibility index (Phi) is 1.58. The maximum atomic E-state index is 11.1. The first kappa shape index (κ1) is 7.85. The SMILES string of the molecule is Cc1cc(-c2c(C)noc2[O-])on1. The van der Waals surface area contributed by atoms with Gasteiger partial charge in [-0.1, -0.05) is 5.16 Å². The molecule has 0 atom stereocenters. The second kappa shape index (κ2) is 2.62. The Bertz CT molecular complexity index is 411. The van der Waals surface area contributed by atoms with Crippen LogP contribution in [-0.4, -0.2) is 10.3 Å². The monoisotopic (exact) mass is 179 g/mol. The van der Waals surface area contributed by atoms with Crippen LogP contribution in [0.15, 0.2) is 15.1 Å². The predicted octanol–water partition coefficient (Wildman–Crippen LogP) is 1.02. The fourth-order valence-corrected chi connectivity index (χ4v) is 1.11. The standard InChI is InChI=1S/C8H8N2O3/c1-4-3-6(12-9-4)7-5(2)10-13-8(7)11/h3,11H,1-2H3/p-1. The molecule has 0 radical (unpaired) electrons. The predicted molar refractivity (Wildman–Crippen MR) is 40.9 cm³/mol. The van der Waals surface area contributed by atoms with Gasteiger partial charge in [0.1, 0.15) is 0 Å². The van der Waals surface area contributed by atoms with Gasteiger partial charge in [-0.2, -0.15) is 5.16 Å². The van der Waals surface area contributed by atoms with Crippen molar-refractivity contribution in [1.29, 1.82) is 0 Å². The summed E-state index contributed by atoms with van der Waals surface area (Å²) >= 11 is 0. The third-order valence-corrected chi connectivity index (χ3v) is 1.71. The van der Waals surface area contributed by atoms with Crippen molar-refractivity contribution in [2.75, 3.05) is 0 Å². The molecule has 2 heterocycles. The van der Waals surface area contributed by atoms with E-state index in [0.29, 0.717) is 17.0 Å². The molecule has 0 saturated carbocycles. The van der Waals surface area contributed by atoms with Crippen molar-refractivity contribution in [3.63, 3.8) is 0 Å². The van der Waals surface area contributed by atoms with Crippen molar-refractivity contribution in [3.05, 3.63) is 17.5 Å². The molecular formula is C8H7N2O3-. The first-order valence-corrected chi connectivity index (χ1v) is 3.75. The van der Waals surface area contributed by atoms with Gasteiger partial charge in [-0.25, -0.2) is 0 Å². The Morgan fingerprint density at radius 3 is 2.46 bits per heavy atom. The molecule has 0 aromatic carbocycles. The fourth-order valence-electron chi connectivity index (χ4n) is 1.11. The van der Waals surface area contributed by atoms with Crippen LogP contribution in [-0.2, 0) is 0 Å². The van der Waals surface area contributed by atoms with Crippen LogP contribution in [0.5, 0.6) is 5.95 Å². The molecule has 0 bridgehead atoms. The minimum Gasteiger partial charge on any atom is -0.544 e. The van der Waals surface area contributed by atoms with Gasteiger partial charge < -0.3 is 14.2 Å². The topological polar surface area (TPSA) is 75.1 Å². The zero-order valence-corrected chi connectivity index (χ0v) is 7.20. The number of nitrogens with zero attached hydrogens (tertiary/aromatic N) is 2. The minimum atomic E-state index is -0.492. The highest BCUT2D eigenvalue weighted by Crippen LogP contribution is 2.30. The van der Waals surface area contributed by atoms with E-state index in [1.165, 1.54) is 0 Å². The molecule has 2 aromatic heterocycles. The van der Waals surface area contributed by atoms with Crippen molar-refractivity contribution in [1.82, 2.24) is 10.3 Å². The molecular weight excluding hydrogens is 172 g/mol. The molecule has 0 aliphatic carbocycles. The van der Waals surface area contributed by atoms with Crippen LogP contribution in [0.2, 0.25) is 0 Å². The summed E-state index contributed by atoms with van der Waals surface area (Å²) in [6.07, 6.45) is 0. The fraction of sp³-hybridized carbons (Fsp3) is 0.250. The van der Waals surface area contributed by atoms with Crippen LogP contribution in [0, 0.1) is 13.8 Å². The summed E-state index contributed by atoms with van der Waals surface area (Å²) < 4.78 is 9.39. The van der Waals surface area contributed by atoms with Gasteiger partial charge in [0.05, 0.1) is 22.9 Å². The van der Waals surface area contributed by atoms with Crippen molar-refractivity contribution in [2.24, 2.45) is 0 Å². The van der Waals surface area contributed by atoms with Gasteiger partial charge in [-0.3, -0.25) is 0 Å². The third kappa shape index (κ3) is 1.18. The first-order chi connectivity index (χ1) is 6.18. The molecule has 13 heavy (non-hydrogen) atoms. The van der Waals surface area contributed by atoms with E-state index in [4.69, 9.17) is 4.52 Å². The third-order valence-electron chi connectivity index (χ3n) is 1.71. The Labute approximate surface area is 73.9 Å². The zero-order chi connectivity index (χ0) is 9.42. The molecule has 5 heteroatoms. The van der Waals surface area contributed by atoms with Crippen LogP contribution >= 0.6 is 0 Å². The van der Waals surface area contributed by atoms with Gasteiger partial charge in [-0.15, -0.1) is 0 Å². The van der Waals surface area contributed by atoms with E-state index < -0.39 is 5.95 Å². The first-order valence-electron chi connectivity index (χ1n) is 3.75.